The highest BCUT2D eigenvalue weighted by Crippen LogP contribution is 2.36. The van der Waals surface area contributed by atoms with Crippen LogP contribution in [-0.2, 0) is 15.3 Å². The number of rotatable bonds is 6. The van der Waals surface area contributed by atoms with Gasteiger partial charge in [0.1, 0.15) is 11.9 Å². The summed E-state index contributed by atoms with van der Waals surface area (Å²) in [6.45, 7) is 3.92. The summed E-state index contributed by atoms with van der Waals surface area (Å²) in [5, 5.41) is 8.41. The fourth-order valence-electron chi connectivity index (χ4n) is 3.34. The van der Waals surface area contributed by atoms with Crippen molar-refractivity contribution >= 4 is 23.7 Å². The lowest BCUT2D eigenvalue weighted by atomic mass is 9.96. The topological polar surface area (TPSA) is 69.0 Å². The lowest BCUT2D eigenvalue weighted by Gasteiger charge is -2.28. The standard InChI is InChI=1S/C22H21FN4O2S/c1-3-29-20(28)18-14(2)24-21-25-22(30-13-15-9-11-17(23)12-10-15)26-27(21)19(18)16-7-5-4-6-8-16/h4-12,19H,3,13H2,1-2H3,(H,24,25,26). The molecule has 3 aromatic rings. The second-order valence-corrected chi connectivity index (χ2v) is 7.72. The number of halogens is 1. The van der Waals surface area contributed by atoms with E-state index in [1.54, 1.807) is 23.7 Å². The maximum atomic E-state index is 13.1. The summed E-state index contributed by atoms with van der Waals surface area (Å²) in [6.07, 6.45) is 0. The van der Waals surface area contributed by atoms with E-state index in [0.29, 0.717) is 34.7 Å². The first kappa shape index (κ1) is 20.2. The Bertz CT molecular complexity index is 1080. The van der Waals surface area contributed by atoms with Gasteiger partial charge in [0.05, 0.1) is 12.2 Å². The highest BCUT2D eigenvalue weighted by molar-refractivity contribution is 7.98. The number of hydrogen-bond donors (Lipinski definition) is 1. The van der Waals surface area contributed by atoms with E-state index in [1.165, 1.54) is 23.9 Å². The molecule has 1 aliphatic heterocycles. The predicted molar refractivity (Wildman–Crippen MR) is 114 cm³/mol. The molecule has 30 heavy (non-hydrogen) atoms. The van der Waals surface area contributed by atoms with E-state index in [4.69, 9.17) is 4.74 Å². The van der Waals surface area contributed by atoms with Gasteiger partial charge in [-0.2, -0.15) is 4.98 Å². The Hall–Kier alpha value is -3.13. The molecule has 1 unspecified atom stereocenters. The molecule has 0 spiro atoms. The maximum Gasteiger partial charge on any atom is 0.338 e. The first-order valence-electron chi connectivity index (χ1n) is 9.60. The summed E-state index contributed by atoms with van der Waals surface area (Å²) in [6, 6.07) is 15.6. The molecule has 2 heterocycles. The molecule has 0 saturated heterocycles. The van der Waals surface area contributed by atoms with E-state index >= 15 is 0 Å². The van der Waals surface area contributed by atoms with Crippen LogP contribution in [0.3, 0.4) is 0 Å². The Morgan fingerprint density at radius 3 is 2.63 bits per heavy atom. The van der Waals surface area contributed by atoms with Gasteiger partial charge in [0.25, 0.3) is 0 Å². The number of aromatic nitrogens is 3. The third kappa shape index (κ3) is 4.09. The van der Waals surface area contributed by atoms with Crippen molar-refractivity contribution in [3.8, 4) is 0 Å². The molecular formula is C22H21FN4O2S. The van der Waals surface area contributed by atoms with E-state index in [-0.39, 0.29) is 11.8 Å². The molecule has 6 nitrogen and oxygen atoms in total. The highest BCUT2D eigenvalue weighted by atomic mass is 32.2. The van der Waals surface area contributed by atoms with Crippen LogP contribution in [0.2, 0.25) is 0 Å². The number of carbonyl (C=O) groups is 1. The molecule has 1 N–H and O–H groups in total. The van der Waals surface area contributed by atoms with Gasteiger partial charge < -0.3 is 10.1 Å². The summed E-state index contributed by atoms with van der Waals surface area (Å²) in [5.41, 5.74) is 3.10. The van der Waals surface area contributed by atoms with Crippen LogP contribution in [0, 0.1) is 5.82 Å². The van der Waals surface area contributed by atoms with Crippen LogP contribution in [0.1, 0.15) is 31.0 Å². The smallest absolute Gasteiger partial charge is 0.338 e. The average molecular weight is 425 g/mol. The van der Waals surface area contributed by atoms with Gasteiger partial charge in [0.15, 0.2) is 0 Å². The van der Waals surface area contributed by atoms with Gasteiger partial charge >= 0.3 is 5.97 Å². The number of anilines is 1. The van der Waals surface area contributed by atoms with Crippen LogP contribution in [0.15, 0.2) is 71.0 Å². The first-order valence-corrected chi connectivity index (χ1v) is 10.6. The molecule has 2 aromatic carbocycles. The van der Waals surface area contributed by atoms with Crippen molar-refractivity contribution in [1.82, 2.24) is 14.8 Å². The van der Waals surface area contributed by atoms with Crippen molar-refractivity contribution in [2.45, 2.75) is 30.8 Å². The summed E-state index contributed by atoms with van der Waals surface area (Å²) in [4.78, 5) is 17.3. The van der Waals surface area contributed by atoms with Gasteiger partial charge in [-0.05, 0) is 37.1 Å². The van der Waals surface area contributed by atoms with Crippen molar-refractivity contribution < 1.29 is 13.9 Å². The fourth-order valence-corrected chi connectivity index (χ4v) is 4.12. The van der Waals surface area contributed by atoms with Gasteiger partial charge in [-0.3, -0.25) is 0 Å². The summed E-state index contributed by atoms with van der Waals surface area (Å²) in [5.74, 6) is 0.535. The average Bonchev–Trinajstić information content (AvgIpc) is 3.15. The van der Waals surface area contributed by atoms with Crippen LogP contribution in [0.25, 0.3) is 0 Å². The lowest BCUT2D eigenvalue weighted by Crippen LogP contribution is -2.29. The van der Waals surface area contributed by atoms with Crippen molar-refractivity contribution in [3.05, 3.63) is 82.8 Å². The van der Waals surface area contributed by atoms with Crippen LogP contribution in [0.4, 0.5) is 10.3 Å². The molecule has 1 aromatic heterocycles. The third-order valence-electron chi connectivity index (χ3n) is 4.72. The van der Waals surface area contributed by atoms with Crippen molar-refractivity contribution in [3.63, 3.8) is 0 Å². The van der Waals surface area contributed by atoms with Crippen molar-refractivity contribution in [2.24, 2.45) is 0 Å². The van der Waals surface area contributed by atoms with E-state index in [9.17, 15) is 9.18 Å². The van der Waals surface area contributed by atoms with Gasteiger partial charge in [-0.25, -0.2) is 13.9 Å². The molecular weight excluding hydrogens is 403 g/mol. The summed E-state index contributed by atoms with van der Waals surface area (Å²) in [7, 11) is 0. The van der Waals surface area contributed by atoms with E-state index in [2.05, 4.69) is 15.4 Å². The predicted octanol–water partition coefficient (Wildman–Crippen LogP) is 4.56. The second kappa shape index (κ2) is 8.71. The summed E-state index contributed by atoms with van der Waals surface area (Å²) >= 11 is 1.45. The van der Waals surface area contributed by atoms with Crippen molar-refractivity contribution in [1.29, 1.82) is 0 Å². The molecule has 0 aliphatic carbocycles. The molecule has 0 saturated carbocycles. The number of ether oxygens (including phenoxy) is 1. The van der Waals surface area contributed by atoms with Gasteiger partial charge in [0.2, 0.25) is 11.1 Å². The number of carbonyl (C=O) groups excluding carboxylic acids is 1. The Labute approximate surface area is 178 Å². The number of fused-ring (bicyclic) bond motifs is 1. The monoisotopic (exact) mass is 424 g/mol. The zero-order valence-electron chi connectivity index (χ0n) is 16.6. The molecule has 1 atom stereocenters. The molecule has 0 bridgehead atoms. The molecule has 0 radical (unpaired) electrons. The number of thioether (sulfide) groups is 1. The number of benzene rings is 2. The number of esters is 1. The maximum absolute atomic E-state index is 13.1. The minimum absolute atomic E-state index is 0.262. The number of nitrogens with zero attached hydrogens (tertiary/aromatic N) is 3. The first-order chi connectivity index (χ1) is 14.6. The van der Waals surface area contributed by atoms with E-state index in [1.807, 2.05) is 37.3 Å². The normalized spacial score (nSPS) is 15.5. The Kier molecular flexibility index (Phi) is 5.85. The van der Waals surface area contributed by atoms with Crippen molar-refractivity contribution in [2.75, 3.05) is 11.9 Å². The van der Waals surface area contributed by atoms with Gasteiger partial charge in [-0.15, -0.1) is 5.10 Å². The fraction of sp³-hybridized carbons (Fsp3) is 0.227. The SMILES string of the molecule is CCOC(=O)C1=C(C)Nc2nc(SCc3ccc(F)cc3)nn2C1c1ccccc1. The molecule has 8 heteroatoms. The number of allylic oxidation sites excluding steroid dienone is 1. The largest absolute Gasteiger partial charge is 0.463 e. The van der Waals surface area contributed by atoms with E-state index in [0.717, 1.165) is 11.1 Å². The zero-order chi connectivity index (χ0) is 21.1. The molecule has 1 aliphatic rings. The van der Waals surface area contributed by atoms with Crippen LogP contribution >= 0.6 is 11.8 Å². The Balaban J connectivity index is 1.66. The molecule has 154 valence electrons. The quantitative estimate of drug-likeness (QED) is 0.462. The molecule has 0 amide bonds. The third-order valence-corrected chi connectivity index (χ3v) is 5.63. The minimum Gasteiger partial charge on any atom is -0.463 e. The molecule has 0 fully saturated rings. The van der Waals surface area contributed by atoms with Crippen LogP contribution in [-0.4, -0.2) is 27.3 Å². The van der Waals surface area contributed by atoms with E-state index < -0.39 is 6.04 Å². The zero-order valence-corrected chi connectivity index (χ0v) is 17.4. The van der Waals surface area contributed by atoms with Crippen LogP contribution in [0.5, 0.6) is 0 Å². The van der Waals surface area contributed by atoms with Gasteiger partial charge in [-0.1, -0.05) is 54.2 Å². The highest BCUT2D eigenvalue weighted by Gasteiger charge is 2.35. The lowest BCUT2D eigenvalue weighted by molar-refractivity contribution is -0.139. The Morgan fingerprint density at radius 2 is 1.93 bits per heavy atom. The molecule has 4 rings (SSSR count). The minimum atomic E-state index is -0.436. The number of hydrogen-bond acceptors (Lipinski definition) is 6. The number of nitrogens with one attached hydrogen (secondary N) is 1. The van der Waals surface area contributed by atoms with Crippen LogP contribution < -0.4 is 5.32 Å². The second-order valence-electron chi connectivity index (χ2n) is 6.78. The van der Waals surface area contributed by atoms with Gasteiger partial charge in [0, 0.05) is 11.4 Å². The summed E-state index contributed by atoms with van der Waals surface area (Å²) < 4.78 is 20.1. The Morgan fingerprint density at radius 1 is 1.20 bits per heavy atom.